The Bertz CT molecular complexity index is 534. The summed E-state index contributed by atoms with van der Waals surface area (Å²) >= 11 is 0. The van der Waals surface area contributed by atoms with Crippen molar-refractivity contribution in [3.63, 3.8) is 0 Å². The van der Waals surface area contributed by atoms with Gasteiger partial charge in [0, 0.05) is 13.5 Å². The van der Waals surface area contributed by atoms with Gasteiger partial charge in [-0.3, -0.25) is 14.4 Å². The van der Waals surface area contributed by atoms with Crippen LogP contribution >= 0.6 is 0 Å². The van der Waals surface area contributed by atoms with Crippen molar-refractivity contribution in [3.8, 4) is 0 Å². The van der Waals surface area contributed by atoms with Crippen LogP contribution in [0.3, 0.4) is 0 Å². The Morgan fingerprint density at radius 3 is 1.68 bits per heavy atom. The van der Waals surface area contributed by atoms with Gasteiger partial charge in [-0.05, 0) is 19.3 Å². The van der Waals surface area contributed by atoms with Crippen LogP contribution in [0, 0.1) is 5.41 Å². The predicted molar refractivity (Wildman–Crippen MR) is 102 cm³/mol. The summed E-state index contributed by atoms with van der Waals surface area (Å²) in [5, 5.41) is 20.3. The van der Waals surface area contributed by atoms with Crippen molar-refractivity contribution >= 4 is 23.9 Å². The number of ether oxygens (including phenoxy) is 2. The first kappa shape index (κ1) is 26.0. The zero-order valence-corrected chi connectivity index (χ0v) is 17.4. The molecule has 0 aliphatic heterocycles. The first-order valence-corrected chi connectivity index (χ1v) is 9.95. The molecule has 0 radical (unpaired) electrons. The number of hydrogen-bond acceptors (Lipinski definition) is 6. The zero-order chi connectivity index (χ0) is 21.8. The van der Waals surface area contributed by atoms with E-state index in [0.29, 0.717) is 38.5 Å². The summed E-state index contributed by atoms with van der Waals surface area (Å²) in [5.74, 6) is -4.84. The van der Waals surface area contributed by atoms with Crippen LogP contribution in [0.25, 0.3) is 0 Å². The molecule has 2 N–H and O–H groups in total. The number of unbranched alkanes of at least 4 members (excludes halogenated alkanes) is 3. The third-order valence-electron chi connectivity index (χ3n) is 4.94. The maximum Gasteiger partial charge on any atom is 0.337 e. The molecule has 0 rings (SSSR count). The molecule has 0 aromatic rings. The van der Waals surface area contributed by atoms with Gasteiger partial charge in [0.2, 0.25) is 0 Å². The van der Waals surface area contributed by atoms with Gasteiger partial charge in [0.25, 0.3) is 0 Å². The van der Waals surface area contributed by atoms with E-state index in [0.717, 1.165) is 6.92 Å². The number of hydrogen-bond donors (Lipinski definition) is 2. The molecule has 28 heavy (non-hydrogen) atoms. The maximum atomic E-state index is 12.5. The van der Waals surface area contributed by atoms with Crippen LogP contribution in [0.1, 0.15) is 85.5 Å². The van der Waals surface area contributed by atoms with Gasteiger partial charge in [-0.25, -0.2) is 4.79 Å². The fourth-order valence-electron chi connectivity index (χ4n) is 3.36. The molecule has 0 aromatic carbocycles. The number of rotatable bonds is 15. The van der Waals surface area contributed by atoms with Crippen LogP contribution < -0.4 is 0 Å². The maximum absolute atomic E-state index is 12.5. The van der Waals surface area contributed by atoms with Gasteiger partial charge >= 0.3 is 23.9 Å². The van der Waals surface area contributed by atoms with E-state index in [4.69, 9.17) is 4.74 Å². The van der Waals surface area contributed by atoms with E-state index in [1.165, 1.54) is 0 Å². The Labute approximate surface area is 166 Å². The van der Waals surface area contributed by atoms with Crippen LogP contribution in [0.5, 0.6) is 0 Å². The molecule has 0 fully saturated rings. The predicted octanol–water partition coefficient (Wildman–Crippen LogP) is 3.56. The van der Waals surface area contributed by atoms with Crippen molar-refractivity contribution in [3.05, 3.63) is 0 Å². The van der Waals surface area contributed by atoms with E-state index < -0.39 is 41.3 Å². The largest absolute Gasteiger partial charge is 0.481 e. The molecule has 0 saturated heterocycles. The van der Waals surface area contributed by atoms with Gasteiger partial charge in [-0.15, -0.1) is 0 Å². The molecular weight excluding hydrogens is 368 g/mol. The van der Waals surface area contributed by atoms with Crippen LogP contribution in [-0.4, -0.2) is 46.3 Å². The van der Waals surface area contributed by atoms with Gasteiger partial charge in [0.1, 0.15) is 5.41 Å². The standard InChI is InChI=1S/C20H34O8/c1-5-8-11-19(17(23)24,12-9-6-2)20(18(25)26,27-13-10-7-3)14-16(22)28-15(4)21/h5-14H2,1-4H3,(H,23,24)(H,25,26). The minimum absolute atomic E-state index is 0.0105. The summed E-state index contributed by atoms with van der Waals surface area (Å²) < 4.78 is 10.2. The first-order valence-electron chi connectivity index (χ1n) is 9.95. The Hall–Kier alpha value is -1.96. The summed E-state index contributed by atoms with van der Waals surface area (Å²) in [6, 6.07) is 0. The van der Waals surface area contributed by atoms with Crippen molar-refractivity contribution in [1.82, 2.24) is 0 Å². The third kappa shape index (κ3) is 6.58. The monoisotopic (exact) mass is 402 g/mol. The highest BCUT2D eigenvalue weighted by molar-refractivity contribution is 5.94. The second-order valence-corrected chi connectivity index (χ2v) is 7.07. The highest BCUT2D eigenvalue weighted by atomic mass is 16.6. The number of aliphatic carboxylic acids is 2. The summed E-state index contributed by atoms with van der Waals surface area (Å²) in [4.78, 5) is 48.3. The molecule has 8 heteroatoms. The highest BCUT2D eigenvalue weighted by Crippen LogP contribution is 2.47. The number of carboxylic acids is 2. The molecule has 0 saturated carbocycles. The van der Waals surface area contributed by atoms with Crippen LogP contribution in [0.2, 0.25) is 0 Å². The second-order valence-electron chi connectivity index (χ2n) is 7.07. The van der Waals surface area contributed by atoms with E-state index in [1.54, 1.807) is 0 Å². The van der Waals surface area contributed by atoms with Gasteiger partial charge in [0.05, 0.1) is 6.42 Å². The second kappa shape index (κ2) is 12.5. The van der Waals surface area contributed by atoms with E-state index in [-0.39, 0.29) is 19.4 Å². The Morgan fingerprint density at radius 2 is 1.32 bits per heavy atom. The lowest BCUT2D eigenvalue weighted by Crippen LogP contribution is -2.61. The molecule has 0 aromatic heterocycles. The lowest BCUT2D eigenvalue weighted by atomic mass is 9.64. The van der Waals surface area contributed by atoms with E-state index >= 15 is 0 Å². The highest BCUT2D eigenvalue weighted by Gasteiger charge is 2.63. The summed E-state index contributed by atoms with van der Waals surface area (Å²) in [6.07, 6.45) is 2.70. The van der Waals surface area contributed by atoms with Crippen LogP contribution in [0.4, 0.5) is 0 Å². The van der Waals surface area contributed by atoms with Crippen LogP contribution in [0.15, 0.2) is 0 Å². The molecule has 8 nitrogen and oxygen atoms in total. The van der Waals surface area contributed by atoms with E-state index in [9.17, 15) is 29.4 Å². The molecule has 0 amide bonds. The fourth-order valence-corrected chi connectivity index (χ4v) is 3.36. The summed E-state index contributed by atoms with van der Waals surface area (Å²) in [5.41, 5.74) is -4.13. The Balaban J connectivity index is 6.42. The molecule has 0 aliphatic carbocycles. The molecule has 0 spiro atoms. The number of carboxylic acid groups (broad SMARTS) is 2. The molecule has 1 unspecified atom stereocenters. The molecule has 1 atom stereocenters. The smallest absolute Gasteiger partial charge is 0.337 e. The quantitative estimate of drug-likeness (QED) is 0.242. The lowest BCUT2D eigenvalue weighted by molar-refractivity contribution is -0.209. The van der Waals surface area contributed by atoms with Gasteiger partial charge in [0.15, 0.2) is 5.60 Å². The minimum atomic E-state index is -2.31. The molecular formula is C20H34O8. The van der Waals surface area contributed by atoms with Crippen LogP contribution in [-0.2, 0) is 28.7 Å². The number of esters is 2. The van der Waals surface area contributed by atoms with Crippen molar-refractivity contribution in [2.45, 2.75) is 91.1 Å². The molecule has 162 valence electrons. The zero-order valence-electron chi connectivity index (χ0n) is 17.4. The first-order chi connectivity index (χ1) is 13.1. The molecule has 0 heterocycles. The van der Waals surface area contributed by atoms with Gasteiger partial charge in [-0.2, -0.15) is 0 Å². The van der Waals surface area contributed by atoms with E-state index in [2.05, 4.69) is 4.74 Å². The number of carbonyl (C=O) groups is 4. The Kier molecular flexibility index (Phi) is 11.6. The number of carbonyl (C=O) groups excluding carboxylic acids is 2. The third-order valence-corrected chi connectivity index (χ3v) is 4.94. The normalized spacial score (nSPS) is 13.6. The molecule has 0 aliphatic rings. The van der Waals surface area contributed by atoms with Crippen molar-refractivity contribution in [2.24, 2.45) is 5.41 Å². The van der Waals surface area contributed by atoms with Crippen molar-refractivity contribution in [2.75, 3.05) is 6.61 Å². The summed E-state index contributed by atoms with van der Waals surface area (Å²) in [6.45, 7) is 6.64. The fraction of sp³-hybridized carbons (Fsp3) is 0.800. The Morgan fingerprint density at radius 1 is 0.821 bits per heavy atom. The average Bonchev–Trinajstić information content (AvgIpc) is 2.60. The summed E-state index contributed by atoms with van der Waals surface area (Å²) in [7, 11) is 0. The lowest BCUT2D eigenvalue weighted by Gasteiger charge is -2.44. The van der Waals surface area contributed by atoms with Gasteiger partial charge in [-0.1, -0.05) is 52.9 Å². The average molecular weight is 402 g/mol. The van der Waals surface area contributed by atoms with E-state index in [1.807, 2.05) is 20.8 Å². The van der Waals surface area contributed by atoms with Gasteiger partial charge < -0.3 is 19.7 Å². The van der Waals surface area contributed by atoms with Crippen molar-refractivity contribution < 1.29 is 38.9 Å². The SMILES string of the molecule is CCCCOC(CC(=O)OC(C)=O)(C(=O)O)C(CCCC)(CCCC)C(=O)O. The minimum Gasteiger partial charge on any atom is -0.481 e. The van der Waals surface area contributed by atoms with Crippen molar-refractivity contribution in [1.29, 1.82) is 0 Å². The molecule has 0 bridgehead atoms. The topological polar surface area (TPSA) is 127 Å².